The van der Waals surface area contributed by atoms with E-state index < -0.39 is 0 Å². The quantitative estimate of drug-likeness (QED) is 0.431. The van der Waals surface area contributed by atoms with Crippen LogP contribution in [0.2, 0.25) is 0 Å². The lowest BCUT2D eigenvalue weighted by Gasteiger charge is -2.34. The first-order valence-electron chi connectivity index (χ1n) is 13.0. The predicted octanol–water partition coefficient (Wildman–Crippen LogP) is 2.83. The summed E-state index contributed by atoms with van der Waals surface area (Å²) in [6.07, 6.45) is 7.21. The van der Waals surface area contributed by atoms with Crippen LogP contribution in [0.3, 0.4) is 0 Å². The number of urea groups is 1. The summed E-state index contributed by atoms with van der Waals surface area (Å²) in [7, 11) is 0. The number of nitrogens with one attached hydrogen (secondary N) is 1. The van der Waals surface area contributed by atoms with Gasteiger partial charge in [-0.15, -0.1) is 0 Å². The standard InChI is InChI=1S/C28H28FN7O2/c29-18-11-17-15-35(28(38)33-7-4-19(30)5-8-33)10-9-34-16-22(20(12-18)26(17)34)25-21(13-32-27(25)37)23-14-31-24-3-1-2-6-36(23)24/h1-3,6,11-12,14,16,19H,4-5,7-10,13,15,30H2,(H,32,37). The number of carbonyl (C=O) groups excluding carboxylic acids is 2. The Labute approximate surface area is 218 Å². The third-order valence-electron chi connectivity index (χ3n) is 8.02. The lowest BCUT2D eigenvalue weighted by atomic mass is 9.98. The number of hydrogen-bond donors (Lipinski definition) is 2. The smallest absolute Gasteiger partial charge is 0.320 e. The van der Waals surface area contributed by atoms with Crippen molar-refractivity contribution in [2.75, 3.05) is 26.2 Å². The van der Waals surface area contributed by atoms with Gasteiger partial charge in [-0.2, -0.15) is 0 Å². The first kappa shape index (κ1) is 23.0. The molecule has 1 saturated heterocycles. The lowest BCUT2D eigenvalue weighted by Crippen LogP contribution is -2.49. The van der Waals surface area contributed by atoms with Gasteiger partial charge in [0.05, 0.1) is 23.0 Å². The van der Waals surface area contributed by atoms with E-state index in [1.165, 1.54) is 12.1 Å². The first-order chi connectivity index (χ1) is 18.5. The molecule has 3 aliphatic heterocycles. The maximum Gasteiger partial charge on any atom is 0.320 e. The second-order valence-electron chi connectivity index (χ2n) is 10.3. The van der Waals surface area contributed by atoms with Crippen molar-refractivity contribution < 1.29 is 14.0 Å². The Morgan fingerprint density at radius 1 is 1.11 bits per heavy atom. The second kappa shape index (κ2) is 8.70. The summed E-state index contributed by atoms with van der Waals surface area (Å²) >= 11 is 0. The fourth-order valence-corrected chi connectivity index (χ4v) is 6.10. The zero-order chi connectivity index (χ0) is 26.0. The largest absolute Gasteiger partial charge is 0.348 e. The van der Waals surface area contributed by atoms with Crippen LogP contribution in [0.25, 0.3) is 27.7 Å². The number of fused-ring (bicyclic) bond motifs is 1. The molecule has 38 heavy (non-hydrogen) atoms. The van der Waals surface area contributed by atoms with Crippen LogP contribution in [-0.2, 0) is 17.9 Å². The SMILES string of the molecule is NC1CCN(C(=O)N2CCn3cc(C4=C(c5cnc6ccccn56)CNC4=O)c4cc(F)cc(c43)C2)CC1. The number of nitrogens with two attached hydrogens (primary N) is 1. The number of imidazole rings is 1. The Morgan fingerprint density at radius 2 is 1.95 bits per heavy atom. The lowest BCUT2D eigenvalue weighted by molar-refractivity contribution is -0.114. The summed E-state index contributed by atoms with van der Waals surface area (Å²) in [5.41, 5.74) is 11.3. The Bertz CT molecular complexity index is 1640. The summed E-state index contributed by atoms with van der Waals surface area (Å²) in [6.45, 7) is 3.00. The average molecular weight is 514 g/mol. The molecular formula is C28H28FN7O2. The number of carbonyl (C=O) groups is 2. The van der Waals surface area contributed by atoms with E-state index in [0.717, 1.165) is 40.8 Å². The average Bonchev–Trinajstić information content (AvgIpc) is 3.57. The molecule has 3 N–H and O–H groups in total. The summed E-state index contributed by atoms with van der Waals surface area (Å²) in [4.78, 5) is 34.6. The minimum absolute atomic E-state index is 0.0342. The summed E-state index contributed by atoms with van der Waals surface area (Å²) < 4.78 is 19.1. The van der Waals surface area contributed by atoms with E-state index in [9.17, 15) is 9.59 Å². The molecule has 0 spiro atoms. The van der Waals surface area contributed by atoms with Gasteiger partial charge in [-0.25, -0.2) is 14.2 Å². The highest BCUT2D eigenvalue weighted by Crippen LogP contribution is 2.38. The van der Waals surface area contributed by atoms with E-state index in [1.54, 1.807) is 11.1 Å². The van der Waals surface area contributed by atoms with E-state index in [2.05, 4.69) is 14.9 Å². The monoisotopic (exact) mass is 513 g/mol. The minimum atomic E-state index is -0.389. The Kier molecular flexibility index (Phi) is 5.26. The van der Waals surface area contributed by atoms with Crippen molar-refractivity contribution in [2.24, 2.45) is 5.73 Å². The van der Waals surface area contributed by atoms with Gasteiger partial charge in [0.15, 0.2) is 0 Å². The zero-order valence-electron chi connectivity index (χ0n) is 20.9. The molecule has 194 valence electrons. The molecule has 1 fully saturated rings. The normalized spacial score (nSPS) is 18.5. The van der Waals surface area contributed by atoms with E-state index in [0.29, 0.717) is 55.8 Å². The summed E-state index contributed by atoms with van der Waals surface area (Å²) in [5, 5.41) is 3.63. The van der Waals surface area contributed by atoms with E-state index in [4.69, 9.17) is 5.73 Å². The fourth-order valence-electron chi connectivity index (χ4n) is 6.10. The highest BCUT2D eigenvalue weighted by molar-refractivity contribution is 6.32. The molecule has 10 heteroatoms. The molecule has 3 aliphatic rings. The zero-order valence-corrected chi connectivity index (χ0v) is 20.9. The molecule has 0 atom stereocenters. The van der Waals surface area contributed by atoms with Crippen molar-refractivity contribution in [3.63, 3.8) is 0 Å². The third-order valence-corrected chi connectivity index (χ3v) is 8.02. The van der Waals surface area contributed by atoms with Gasteiger partial charge < -0.3 is 25.4 Å². The van der Waals surface area contributed by atoms with Gasteiger partial charge in [0, 0.05) is 74.2 Å². The Morgan fingerprint density at radius 3 is 2.79 bits per heavy atom. The number of amides is 3. The van der Waals surface area contributed by atoms with Gasteiger partial charge in [-0.05, 0) is 42.7 Å². The van der Waals surface area contributed by atoms with Crippen molar-refractivity contribution in [1.29, 1.82) is 0 Å². The second-order valence-corrected chi connectivity index (χ2v) is 10.3. The molecule has 0 unspecified atom stereocenters. The van der Waals surface area contributed by atoms with Crippen LogP contribution < -0.4 is 11.1 Å². The summed E-state index contributed by atoms with van der Waals surface area (Å²) in [5.74, 6) is -0.576. The van der Waals surface area contributed by atoms with Crippen LogP contribution in [0.4, 0.5) is 9.18 Å². The Hall–Kier alpha value is -4.18. The number of pyridine rings is 1. The highest BCUT2D eigenvalue weighted by Gasteiger charge is 2.32. The van der Waals surface area contributed by atoms with E-state index >= 15 is 4.39 Å². The molecular weight excluding hydrogens is 485 g/mol. The number of benzene rings is 1. The molecule has 4 aromatic rings. The van der Waals surface area contributed by atoms with Crippen molar-refractivity contribution >= 4 is 39.6 Å². The van der Waals surface area contributed by atoms with Gasteiger partial charge >= 0.3 is 6.03 Å². The number of hydrogen-bond acceptors (Lipinski definition) is 4. The van der Waals surface area contributed by atoms with E-state index in [1.807, 2.05) is 39.9 Å². The topological polar surface area (TPSA) is 101 Å². The third kappa shape index (κ3) is 3.59. The summed E-state index contributed by atoms with van der Waals surface area (Å²) in [6, 6.07) is 8.87. The number of rotatable bonds is 2. The van der Waals surface area contributed by atoms with Gasteiger partial charge in [0.2, 0.25) is 0 Å². The van der Waals surface area contributed by atoms with Crippen molar-refractivity contribution in [1.82, 2.24) is 29.1 Å². The molecule has 9 nitrogen and oxygen atoms in total. The molecule has 0 bridgehead atoms. The van der Waals surface area contributed by atoms with Crippen LogP contribution >= 0.6 is 0 Å². The van der Waals surface area contributed by atoms with Crippen LogP contribution in [0.5, 0.6) is 0 Å². The van der Waals surface area contributed by atoms with Crippen LogP contribution in [0.15, 0.2) is 48.9 Å². The number of piperidine rings is 1. The highest BCUT2D eigenvalue weighted by atomic mass is 19.1. The van der Waals surface area contributed by atoms with Gasteiger partial charge in [-0.1, -0.05) is 6.07 Å². The number of halogens is 1. The van der Waals surface area contributed by atoms with Crippen LogP contribution in [0, 0.1) is 5.82 Å². The number of likely N-dealkylation sites (tertiary alicyclic amines) is 1. The van der Waals surface area contributed by atoms with Crippen molar-refractivity contribution in [2.45, 2.75) is 32.0 Å². The Balaban J connectivity index is 1.32. The molecule has 1 aromatic carbocycles. The van der Waals surface area contributed by atoms with Crippen LogP contribution in [0.1, 0.15) is 29.7 Å². The molecule has 6 heterocycles. The van der Waals surface area contributed by atoms with Crippen molar-refractivity contribution in [3.8, 4) is 0 Å². The van der Waals surface area contributed by atoms with Gasteiger partial charge in [0.1, 0.15) is 11.5 Å². The van der Waals surface area contributed by atoms with E-state index in [-0.39, 0.29) is 23.8 Å². The van der Waals surface area contributed by atoms with Crippen molar-refractivity contribution in [3.05, 3.63) is 71.6 Å². The van der Waals surface area contributed by atoms with Crippen LogP contribution in [-0.4, -0.2) is 67.9 Å². The maximum absolute atomic E-state index is 15.1. The molecule has 3 aromatic heterocycles. The van der Waals surface area contributed by atoms with Gasteiger partial charge in [-0.3, -0.25) is 9.20 Å². The minimum Gasteiger partial charge on any atom is -0.348 e. The molecule has 3 amide bonds. The van der Waals surface area contributed by atoms with Gasteiger partial charge in [0.25, 0.3) is 5.91 Å². The molecule has 0 radical (unpaired) electrons. The maximum atomic E-state index is 15.1. The number of aromatic nitrogens is 3. The first-order valence-corrected chi connectivity index (χ1v) is 13.0. The fraction of sp³-hybridized carbons (Fsp3) is 0.321. The predicted molar refractivity (Wildman–Crippen MR) is 142 cm³/mol. The molecule has 0 aliphatic carbocycles. The number of nitrogens with zero attached hydrogens (tertiary/aromatic N) is 5. The molecule has 0 saturated carbocycles. The molecule has 7 rings (SSSR count).